The molecule has 0 saturated carbocycles. The third-order valence-corrected chi connectivity index (χ3v) is 2.43. The largest absolute Gasteiger partial charge is 0.352 e. The predicted octanol–water partition coefficient (Wildman–Crippen LogP) is 2.68. The number of halogens is 1. The first-order valence-electron chi connectivity index (χ1n) is 5.06. The Morgan fingerprint density at radius 2 is 2.31 bits per heavy atom. The summed E-state index contributed by atoms with van der Waals surface area (Å²) < 4.78 is 0. The lowest BCUT2D eigenvalue weighted by Gasteiger charge is -2.07. The molecule has 0 heterocycles. The zero-order valence-electron chi connectivity index (χ0n) is 9.09. The van der Waals surface area contributed by atoms with Crippen molar-refractivity contribution in [2.24, 2.45) is 0 Å². The Morgan fingerprint density at radius 3 is 3.00 bits per heavy atom. The maximum atomic E-state index is 11.7. The molecule has 1 N–H and O–H groups in total. The molecule has 1 amide bonds. The van der Waals surface area contributed by atoms with Crippen LogP contribution in [-0.2, 0) is 0 Å². The minimum atomic E-state index is -0.141. The second kappa shape index (κ2) is 6.14. The summed E-state index contributed by atoms with van der Waals surface area (Å²) in [7, 11) is 0. The second-order valence-electron chi connectivity index (χ2n) is 3.48. The number of unbranched alkanes of at least 4 members (excludes halogenated alkanes) is 1. The van der Waals surface area contributed by atoms with E-state index >= 15 is 0 Å². The van der Waals surface area contributed by atoms with E-state index in [1.165, 1.54) is 0 Å². The van der Waals surface area contributed by atoms with E-state index in [2.05, 4.69) is 5.32 Å². The number of carbonyl (C=O) groups is 1. The van der Waals surface area contributed by atoms with Crippen LogP contribution in [0.4, 0.5) is 0 Å². The van der Waals surface area contributed by atoms with Gasteiger partial charge in [-0.25, -0.2) is 0 Å². The molecule has 0 fully saturated rings. The minimum absolute atomic E-state index is 0.141. The summed E-state index contributed by atoms with van der Waals surface area (Å²) >= 11 is 5.82. The number of nitriles is 1. The summed E-state index contributed by atoms with van der Waals surface area (Å²) in [6, 6.07) is 7.24. The van der Waals surface area contributed by atoms with Crippen molar-refractivity contribution in [1.29, 1.82) is 5.26 Å². The van der Waals surface area contributed by atoms with Gasteiger partial charge in [-0.1, -0.05) is 17.7 Å². The molecule has 16 heavy (non-hydrogen) atoms. The number of carbonyl (C=O) groups excluding carboxylic acids is 1. The number of rotatable bonds is 4. The van der Waals surface area contributed by atoms with Crippen LogP contribution in [0.2, 0.25) is 5.02 Å². The first-order chi connectivity index (χ1) is 7.65. The maximum absolute atomic E-state index is 11.7. The van der Waals surface area contributed by atoms with E-state index < -0.39 is 0 Å². The van der Waals surface area contributed by atoms with E-state index in [0.717, 1.165) is 5.56 Å². The highest BCUT2D eigenvalue weighted by molar-refractivity contribution is 6.31. The fourth-order valence-electron chi connectivity index (χ4n) is 1.30. The molecule has 0 bridgehead atoms. The molecule has 0 radical (unpaired) electrons. The van der Waals surface area contributed by atoms with Crippen molar-refractivity contribution in [3.05, 3.63) is 34.3 Å². The SMILES string of the molecule is Cc1ccc(Cl)cc1C(=O)NCCCC#N. The molecule has 0 aliphatic heterocycles. The smallest absolute Gasteiger partial charge is 0.251 e. The van der Waals surface area contributed by atoms with E-state index in [1.807, 2.05) is 19.1 Å². The van der Waals surface area contributed by atoms with Crippen LogP contribution in [0.1, 0.15) is 28.8 Å². The number of nitrogens with one attached hydrogen (secondary N) is 1. The zero-order valence-corrected chi connectivity index (χ0v) is 9.84. The molecule has 0 unspecified atom stereocenters. The fourth-order valence-corrected chi connectivity index (χ4v) is 1.48. The van der Waals surface area contributed by atoms with Crippen LogP contribution in [0.25, 0.3) is 0 Å². The summed E-state index contributed by atoms with van der Waals surface area (Å²) in [5, 5.41) is 11.7. The molecule has 1 rings (SSSR count). The third kappa shape index (κ3) is 3.56. The minimum Gasteiger partial charge on any atom is -0.352 e. The van der Waals surface area contributed by atoms with Crippen molar-refractivity contribution >= 4 is 17.5 Å². The van der Waals surface area contributed by atoms with Gasteiger partial charge >= 0.3 is 0 Å². The lowest BCUT2D eigenvalue weighted by Crippen LogP contribution is -2.25. The molecular formula is C12H13ClN2O. The summed E-state index contributed by atoms with van der Waals surface area (Å²) in [5.41, 5.74) is 1.48. The van der Waals surface area contributed by atoms with E-state index in [0.29, 0.717) is 30.0 Å². The van der Waals surface area contributed by atoms with Crippen LogP contribution in [-0.4, -0.2) is 12.5 Å². The first-order valence-corrected chi connectivity index (χ1v) is 5.44. The standard InChI is InChI=1S/C12H13ClN2O/c1-9-4-5-10(13)8-11(9)12(16)15-7-3-2-6-14/h4-5,8H,2-3,7H2,1H3,(H,15,16). The number of benzene rings is 1. The third-order valence-electron chi connectivity index (χ3n) is 2.20. The Hall–Kier alpha value is -1.53. The summed E-state index contributed by atoms with van der Waals surface area (Å²) in [4.78, 5) is 11.7. The van der Waals surface area contributed by atoms with Gasteiger partial charge in [0, 0.05) is 23.6 Å². The number of aryl methyl sites for hydroxylation is 1. The van der Waals surface area contributed by atoms with Gasteiger partial charge in [-0.3, -0.25) is 4.79 Å². The predicted molar refractivity (Wildman–Crippen MR) is 63.4 cm³/mol. The van der Waals surface area contributed by atoms with Gasteiger partial charge in [0.25, 0.3) is 5.91 Å². The number of hydrogen-bond acceptors (Lipinski definition) is 2. The molecule has 1 aromatic carbocycles. The molecule has 84 valence electrons. The average molecular weight is 237 g/mol. The van der Waals surface area contributed by atoms with Crippen LogP contribution >= 0.6 is 11.6 Å². The molecule has 0 atom stereocenters. The molecule has 0 aromatic heterocycles. The second-order valence-corrected chi connectivity index (χ2v) is 3.91. The monoisotopic (exact) mass is 236 g/mol. The molecule has 0 spiro atoms. The van der Waals surface area contributed by atoms with Crippen LogP contribution in [0.5, 0.6) is 0 Å². The van der Waals surface area contributed by atoms with Gasteiger partial charge in [-0.05, 0) is 31.0 Å². The van der Waals surface area contributed by atoms with Gasteiger partial charge in [0.2, 0.25) is 0 Å². The molecular weight excluding hydrogens is 224 g/mol. The highest BCUT2D eigenvalue weighted by Crippen LogP contribution is 2.15. The van der Waals surface area contributed by atoms with Gasteiger partial charge in [-0.15, -0.1) is 0 Å². The quantitative estimate of drug-likeness (QED) is 0.818. The number of amides is 1. The fraction of sp³-hybridized carbons (Fsp3) is 0.333. The van der Waals surface area contributed by atoms with Crippen molar-refractivity contribution in [2.45, 2.75) is 19.8 Å². The molecule has 4 heteroatoms. The number of hydrogen-bond donors (Lipinski definition) is 1. The van der Waals surface area contributed by atoms with Crippen molar-refractivity contribution in [2.75, 3.05) is 6.54 Å². The highest BCUT2D eigenvalue weighted by atomic mass is 35.5. The molecule has 3 nitrogen and oxygen atoms in total. The Morgan fingerprint density at radius 1 is 1.56 bits per heavy atom. The Balaban J connectivity index is 2.59. The van der Waals surface area contributed by atoms with Gasteiger partial charge < -0.3 is 5.32 Å². The Kier molecular flexibility index (Phi) is 4.81. The van der Waals surface area contributed by atoms with Gasteiger partial charge in [0.15, 0.2) is 0 Å². The van der Waals surface area contributed by atoms with Gasteiger partial charge in [-0.2, -0.15) is 5.26 Å². The summed E-state index contributed by atoms with van der Waals surface area (Å²) in [5.74, 6) is -0.141. The first kappa shape index (κ1) is 12.5. The topological polar surface area (TPSA) is 52.9 Å². The molecule has 0 aliphatic rings. The van der Waals surface area contributed by atoms with Crippen LogP contribution in [0.15, 0.2) is 18.2 Å². The normalized spacial score (nSPS) is 9.56. The van der Waals surface area contributed by atoms with E-state index in [9.17, 15) is 4.79 Å². The zero-order chi connectivity index (χ0) is 12.0. The Labute approximate surface area is 100 Å². The number of nitrogens with zero attached hydrogens (tertiary/aromatic N) is 1. The summed E-state index contributed by atoms with van der Waals surface area (Å²) in [6.07, 6.45) is 1.12. The average Bonchev–Trinajstić information content (AvgIpc) is 2.27. The van der Waals surface area contributed by atoms with Crippen LogP contribution < -0.4 is 5.32 Å². The lowest BCUT2D eigenvalue weighted by molar-refractivity contribution is 0.0952. The van der Waals surface area contributed by atoms with Crippen molar-refractivity contribution in [3.8, 4) is 6.07 Å². The van der Waals surface area contributed by atoms with Crippen LogP contribution in [0, 0.1) is 18.3 Å². The van der Waals surface area contributed by atoms with Gasteiger partial charge in [0.1, 0.15) is 0 Å². The maximum Gasteiger partial charge on any atom is 0.251 e. The lowest BCUT2D eigenvalue weighted by atomic mass is 10.1. The van der Waals surface area contributed by atoms with E-state index in [-0.39, 0.29) is 5.91 Å². The highest BCUT2D eigenvalue weighted by Gasteiger charge is 2.08. The molecule has 0 aliphatic carbocycles. The van der Waals surface area contributed by atoms with E-state index in [1.54, 1.807) is 12.1 Å². The molecule has 1 aromatic rings. The van der Waals surface area contributed by atoms with Crippen LogP contribution in [0.3, 0.4) is 0 Å². The van der Waals surface area contributed by atoms with Crippen molar-refractivity contribution in [3.63, 3.8) is 0 Å². The van der Waals surface area contributed by atoms with Crippen molar-refractivity contribution in [1.82, 2.24) is 5.32 Å². The Bertz CT molecular complexity index is 424. The molecule has 0 saturated heterocycles. The van der Waals surface area contributed by atoms with Gasteiger partial charge in [0.05, 0.1) is 6.07 Å². The summed E-state index contributed by atoms with van der Waals surface area (Å²) in [6.45, 7) is 2.37. The van der Waals surface area contributed by atoms with Crippen molar-refractivity contribution < 1.29 is 4.79 Å². The van der Waals surface area contributed by atoms with E-state index in [4.69, 9.17) is 16.9 Å².